The molecule has 0 unspecified atom stereocenters. The number of ether oxygens (including phenoxy) is 1. The first kappa shape index (κ1) is 19.6. The number of rotatable bonds is 6. The predicted octanol–water partition coefficient (Wildman–Crippen LogP) is 3.45. The van der Waals surface area contributed by atoms with Crippen LogP contribution >= 0.6 is 15.9 Å². The summed E-state index contributed by atoms with van der Waals surface area (Å²) < 4.78 is 30.0. The number of nitrogens with zero attached hydrogens (tertiary/aromatic N) is 1. The number of carbonyl (C=O) groups excluding carboxylic acids is 1. The van der Waals surface area contributed by atoms with Crippen LogP contribution in [0, 0.1) is 6.92 Å². The number of carbonyl (C=O) groups is 1. The predicted molar refractivity (Wildman–Crippen MR) is 102 cm³/mol. The second kappa shape index (κ2) is 8.12. The number of benzene rings is 2. The largest absolute Gasteiger partial charge is 0.384 e. The summed E-state index contributed by atoms with van der Waals surface area (Å²) in [7, 11) is -0.259. The van der Waals surface area contributed by atoms with E-state index >= 15 is 0 Å². The molecule has 0 heterocycles. The summed E-state index contributed by atoms with van der Waals surface area (Å²) in [6, 6.07) is 11.6. The van der Waals surface area contributed by atoms with Crippen molar-refractivity contribution in [3.63, 3.8) is 0 Å². The van der Waals surface area contributed by atoms with E-state index in [9.17, 15) is 13.2 Å². The van der Waals surface area contributed by atoms with Gasteiger partial charge in [-0.1, -0.05) is 15.9 Å². The third-order valence-corrected chi connectivity index (χ3v) is 6.43. The molecule has 134 valence electrons. The summed E-state index contributed by atoms with van der Waals surface area (Å²) in [5, 5.41) is 0. The molecular weight excluding hydrogens is 406 g/mol. The Kier molecular flexibility index (Phi) is 6.37. The van der Waals surface area contributed by atoms with E-state index in [0.29, 0.717) is 5.56 Å². The number of hydrogen-bond acceptors (Lipinski definition) is 4. The average molecular weight is 426 g/mol. The molecular formula is C18H20BrNO4S. The molecule has 5 nitrogen and oxygen atoms in total. The van der Waals surface area contributed by atoms with Crippen LogP contribution in [0.15, 0.2) is 51.8 Å². The van der Waals surface area contributed by atoms with Gasteiger partial charge in [-0.25, -0.2) is 8.42 Å². The van der Waals surface area contributed by atoms with Crippen molar-refractivity contribution in [2.45, 2.75) is 11.8 Å². The molecule has 1 amide bonds. The Balaban J connectivity index is 2.21. The van der Waals surface area contributed by atoms with Gasteiger partial charge in [-0.3, -0.25) is 4.79 Å². The molecule has 0 bridgehead atoms. The summed E-state index contributed by atoms with van der Waals surface area (Å²) in [6.45, 7) is 2.08. The maximum absolute atomic E-state index is 12.6. The van der Waals surface area contributed by atoms with Gasteiger partial charge >= 0.3 is 0 Å². The third kappa shape index (κ3) is 4.68. The second-order valence-corrected chi connectivity index (χ2v) is 8.60. The molecule has 2 aromatic carbocycles. The zero-order valence-corrected chi connectivity index (χ0v) is 16.7. The molecule has 0 aliphatic carbocycles. The first-order valence-electron chi connectivity index (χ1n) is 7.62. The molecule has 2 rings (SSSR count). The summed E-state index contributed by atoms with van der Waals surface area (Å²) in [6.07, 6.45) is 0. The molecule has 0 spiro atoms. The summed E-state index contributed by atoms with van der Waals surface area (Å²) in [5.74, 6) is -0.294. The minimum atomic E-state index is -3.40. The maximum atomic E-state index is 12.6. The molecule has 2 aromatic rings. The smallest absolute Gasteiger partial charge is 0.258 e. The van der Waals surface area contributed by atoms with Crippen molar-refractivity contribution in [2.75, 3.05) is 31.4 Å². The third-order valence-electron chi connectivity index (χ3n) is 3.85. The highest BCUT2D eigenvalue weighted by Crippen LogP contribution is 2.23. The van der Waals surface area contributed by atoms with Crippen molar-refractivity contribution < 1.29 is 17.9 Å². The van der Waals surface area contributed by atoms with Crippen molar-refractivity contribution in [3.8, 4) is 0 Å². The van der Waals surface area contributed by atoms with E-state index in [1.165, 1.54) is 36.3 Å². The fourth-order valence-corrected chi connectivity index (χ4v) is 3.68. The molecule has 0 aliphatic rings. The van der Waals surface area contributed by atoms with Crippen LogP contribution in [0.5, 0.6) is 0 Å². The number of hydrogen-bond donors (Lipinski definition) is 0. The highest BCUT2D eigenvalue weighted by molar-refractivity contribution is 9.10. The van der Waals surface area contributed by atoms with Crippen molar-refractivity contribution in [1.29, 1.82) is 0 Å². The number of sulfone groups is 1. The van der Waals surface area contributed by atoms with Gasteiger partial charge in [0.1, 0.15) is 0 Å². The van der Waals surface area contributed by atoms with Crippen LogP contribution in [0.4, 0.5) is 5.69 Å². The van der Waals surface area contributed by atoms with E-state index in [1.54, 1.807) is 7.05 Å². The van der Waals surface area contributed by atoms with Gasteiger partial charge in [-0.15, -0.1) is 0 Å². The molecule has 0 fully saturated rings. The van der Waals surface area contributed by atoms with E-state index in [0.717, 1.165) is 15.7 Å². The van der Waals surface area contributed by atoms with Gasteiger partial charge in [-0.2, -0.15) is 0 Å². The van der Waals surface area contributed by atoms with E-state index in [-0.39, 0.29) is 23.2 Å². The van der Waals surface area contributed by atoms with E-state index in [4.69, 9.17) is 4.74 Å². The molecule has 0 aliphatic heterocycles. The quantitative estimate of drug-likeness (QED) is 0.710. The molecule has 0 saturated carbocycles. The lowest BCUT2D eigenvalue weighted by Gasteiger charge is -2.18. The van der Waals surface area contributed by atoms with Gasteiger partial charge in [0.05, 0.1) is 17.3 Å². The maximum Gasteiger partial charge on any atom is 0.258 e. The van der Waals surface area contributed by atoms with Crippen molar-refractivity contribution in [3.05, 3.63) is 58.1 Å². The molecule has 7 heteroatoms. The van der Waals surface area contributed by atoms with Crippen molar-refractivity contribution in [2.24, 2.45) is 0 Å². The summed E-state index contributed by atoms with van der Waals surface area (Å²) in [4.78, 5) is 14.3. The Labute approximate surface area is 156 Å². The van der Waals surface area contributed by atoms with Crippen LogP contribution in [0.3, 0.4) is 0 Å². The Bertz CT molecular complexity index is 863. The van der Waals surface area contributed by atoms with Crippen LogP contribution in [0.1, 0.15) is 15.9 Å². The molecule has 0 radical (unpaired) electrons. The van der Waals surface area contributed by atoms with Gasteiger partial charge in [0, 0.05) is 29.9 Å². The molecule has 0 aromatic heterocycles. The van der Waals surface area contributed by atoms with Crippen molar-refractivity contribution in [1.82, 2.24) is 0 Å². The first-order chi connectivity index (χ1) is 11.8. The zero-order valence-electron chi connectivity index (χ0n) is 14.3. The zero-order chi connectivity index (χ0) is 18.6. The minimum absolute atomic E-state index is 0.0884. The molecule has 0 saturated heterocycles. The number of anilines is 1. The lowest BCUT2D eigenvalue weighted by Crippen LogP contribution is -2.26. The fraction of sp³-hybridized carbons (Fsp3) is 0.278. The molecule has 0 N–H and O–H groups in total. The first-order valence-corrected chi connectivity index (χ1v) is 10.1. The Morgan fingerprint density at radius 2 is 1.80 bits per heavy atom. The monoisotopic (exact) mass is 425 g/mol. The van der Waals surface area contributed by atoms with Crippen LogP contribution in [-0.4, -0.2) is 40.8 Å². The second-order valence-electron chi connectivity index (χ2n) is 5.63. The van der Waals surface area contributed by atoms with Gasteiger partial charge in [0.2, 0.25) is 0 Å². The van der Waals surface area contributed by atoms with Gasteiger partial charge < -0.3 is 9.64 Å². The number of aryl methyl sites for hydroxylation is 1. The van der Waals surface area contributed by atoms with Crippen LogP contribution in [0.2, 0.25) is 0 Å². The number of amides is 1. The van der Waals surface area contributed by atoms with Crippen LogP contribution in [0.25, 0.3) is 0 Å². The lowest BCUT2D eigenvalue weighted by molar-refractivity contribution is 0.0993. The standard InChI is InChI=1S/C18H20BrNO4S/c1-13-12-15(6-9-17(13)19)20(2)18(21)14-4-7-16(8-5-14)25(22,23)11-10-24-3/h4-9,12H,10-11H2,1-3H3. The Hall–Kier alpha value is -1.70. The average Bonchev–Trinajstić information content (AvgIpc) is 2.61. The molecule has 25 heavy (non-hydrogen) atoms. The Morgan fingerprint density at radius 3 is 2.36 bits per heavy atom. The SMILES string of the molecule is COCCS(=O)(=O)c1ccc(C(=O)N(C)c2ccc(Br)c(C)c2)cc1. The number of halogens is 1. The Morgan fingerprint density at radius 1 is 1.16 bits per heavy atom. The highest BCUT2D eigenvalue weighted by Gasteiger charge is 2.17. The van der Waals surface area contributed by atoms with Gasteiger partial charge in [0.25, 0.3) is 5.91 Å². The summed E-state index contributed by atoms with van der Waals surface area (Å²) in [5.41, 5.74) is 2.22. The van der Waals surface area contributed by atoms with Gasteiger partial charge in [0.15, 0.2) is 9.84 Å². The van der Waals surface area contributed by atoms with Gasteiger partial charge in [-0.05, 0) is 55.0 Å². The fourth-order valence-electron chi connectivity index (χ4n) is 2.26. The van der Waals surface area contributed by atoms with Crippen molar-refractivity contribution >= 4 is 37.4 Å². The topological polar surface area (TPSA) is 63.7 Å². The highest BCUT2D eigenvalue weighted by atomic mass is 79.9. The van der Waals surface area contributed by atoms with Crippen LogP contribution < -0.4 is 4.90 Å². The summed E-state index contributed by atoms with van der Waals surface area (Å²) >= 11 is 3.44. The van der Waals surface area contributed by atoms with E-state index in [1.807, 2.05) is 25.1 Å². The van der Waals surface area contributed by atoms with E-state index in [2.05, 4.69) is 15.9 Å². The van der Waals surface area contributed by atoms with Crippen LogP contribution in [-0.2, 0) is 14.6 Å². The van der Waals surface area contributed by atoms with E-state index < -0.39 is 9.84 Å². The number of methoxy groups -OCH3 is 1. The lowest BCUT2D eigenvalue weighted by atomic mass is 10.1. The molecule has 0 atom stereocenters. The normalized spacial score (nSPS) is 11.4. The minimum Gasteiger partial charge on any atom is -0.384 e.